The van der Waals surface area contributed by atoms with Gasteiger partial charge in [-0.1, -0.05) is 284 Å². The van der Waals surface area contributed by atoms with E-state index in [1.54, 1.807) is 0 Å². The summed E-state index contributed by atoms with van der Waals surface area (Å²) in [4.78, 5) is 37.8. The van der Waals surface area contributed by atoms with Crippen LogP contribution in [-0.2, 0) is 28.6 Å². The second kappa shape index (κ2) is 52.0. The molecule has 0 spiro atoms. The first kappa shape index (κ1) is 60.4. The molecule has 0 aliphatic rings. The van der Waals surface area contributed by atoms with Gasteiger partial charge in [-0.15, -0.1) is 0 Å². The van der Waals surface area contributed by atoms with E-state index < -0.39 is 6.10 Å². The molecular formula is C56H108O6. The fourth-order valence-electron chi connectivity index (χ4n) is 8.62. The van der Waals surface area contributed by atoms with Gasteiger partial charge in [0.25, 0.3) is 0 Å². The van der Waals surface area contributed by atoms with E-state index in [1.165, 1.54) is 225 Å². The van der Waals surface area contributed by atoms with Crippen LogP contribution < -0.4 is 0 Å². The van der Waals surface area contributed by atoms with Crippen molar-refractivity contribution in [3.63, 3.8) is 0 Å². The molecule has 0 saturated heterocycles. The highest BCUT2D eigenvalue weighted by molar-refractivity contribution is 5.71. The van der Waals surface area contributed by atoms with Crippen molar-refractivity contribution in [2.24, 2.45) is 0 Å². The average molecular weight is 877 g/mol. The maximum absolute atomic E-state index is 12.8. The molecule has 0 bridgehead atoms. The summed E-state index contributed by atoms with van der Waals surface area (Å²) in [6, 6.07) is 0. The zero-order valence-electron chi connectivity index (χ0n) is 42.2. The molecule has 6 nitrogen and oxygen atoms in total. The summed E-state index contributed by atoms with van der Waals surface area (Å²) >= 11 is 0. The Labute approximate surface area is 387 Å². The summed E-state index contributed by atoms with van der Waals surface area (Å²) in [6.45, 7) is 6.64. The topological polar surface area (TPSA) is 78.9 Å². The zero-order chi connectivity index (χ0) is 45.1. The first-order chi connectivity index (χ1) is 30.5. The molecule has 0 aliphatic carbocycles. The largest absolute Gasteiger partial charge is 0.462 e. The van der Waals surface area contributed by atoms with Gasteiger partial charge in [0.05, 0.1) is 0 Å². The SMILES string of the molecule is CCCCCCCCCCCCCCCCCCCCCCC(=O)OCC(COC(=O)CCCCCCCC)OC(=O)CCCCCCCCCCCCCCCCCCCC. The molecule has 0 aromatic heterocycles. The van der Waals surface area contributed by atoms with Gasteiger partial charge >= 0.3 is 17.9 Å². The molecule has 0 radical (unpaired) electrons. The van der Waals surface area contributed by atoms with Crippen molar-refractivity contribution in [2.45, 2.75) is 329 Å². The fourth-order valence-corrected chi connectivity index (χ4v) is 8.62. The summed E-state index contributed by atoms with van der Waals surface area (Å²) in [5.74, 6) is -0.848. The van der Waals surface area contributed by atoms with E-state index in [0.717, 1.165) is 57.8 Å². The maximum atomic E-state index is 12.8. The summed E-state index contributed by atoms with van der Waals surface area (Å²) in [7, 11) is 0. The minimum atomic E-state index is -0.759. The van der Waals surface area contributed by atoms with Crippen LogP contribution >= 0.6 is 0 Å². The van der Waals surface area contributed by atoms with Crippen molar-refractivity contribution < 1.29 is 28.6 Å². The van der Waals surface area contributed by atoms with E-state index in [4.69, 9.17) is 14.2 Å². The van der Waals surface area contributed by atoms with Crippen LogP contribution in [-0.4, -0.2) is 37.2 Å². The monoisotopic (exact) mass is 877 g/mol. The van der Waals surface area contributed by atoms with Crippen LogP contribution in [0.25, 0.3) is 0 Å². The number of carbonyl (C=O) groups excluding carboxylic acids is 3. The minimum absolute atomic E-state index is 0.0623. The molecule has 0 aliphatic heterocycles. The lowest BCUT2D eigenvalue weighted by Gasteiger charge is -2.18. The van der Waals surface area contributed by atoms with Gasteiger partial charge in [0.15, 0.2) is 6.10 Å². The van der Waals surface area contributed by atoms with E-state index in [9.17, 15) is 14.4 Å². The van der Waals surface area contributed by atoms with Gasteiger partial charge in [-0.3, -0.25) is 14.4 Å². The van der Waals surface area contributed by atoms with Gasteiger partial charge in [0.1, 0.15) is 13.2 Å². The van der Waals surface area contributed by atoms with Crippen LogP contribution in [0.1, 0.15) is 323 Å². The molecule has 62 heavy (non-hydrogen) atoms. The summed E-state index contributed by atoms with van der Waals surface area (Å²) in [5, 5.41) is 0. The summed E-state index contributed by atoms with van der Waals surface area (Å²) in [5.41, 5.74) is 0. The predicted octanol–water partition coefficient (Wildman–Crippen LogP) is 18.4. The van der Waals surface area contributed by atoms with Crippen molar-refractivity contribution in [1.82, 2.24) is 0 Å². The highest BCUT2D eigenvalue weighted by Crippen LogP contribution is 2.18. The molecule has 0 aromatic carbocycles. The second-order valence-electron chi connectivity index (χ2n) is 19.2. The van der Waals surface area contributed by atoms with Crippen molar-refractivity contribution in [2.75, 3.05) is 13.2 Å². The number of carbonyl (C=O) groups is 3. The van der Waals surface area contributed by atoms with Crippen LogP contribution in [0.3, 0.4) is 0 Å². The smallest absolute Gasteiger partial charge is 0.306 e. The first-order valence-electron chi connectivity index (χ1n) is 28.0. The Balaban J connectivity index is 4.09. The van der Waals surface area contributed by atoms with Crippen LogP contribution in [0.5, 0.6) is 0 Å². The first-order valence-corrected chi connectivity index (χ1v) is 28.0. The molecular weight excluding hydrogens is 769 g/mol. The number of unbranched alkanes of at least 4 members (excludes halogenated alkanes) is 41. The fraction of sp³-hybridized carbons (Fsp3) is 0.946. The maximum Gasteiger partial charge on any atom is 0.306 e. The molecule has 0 amide bonds. The van der Waals surface area contributed by atoms with Crippen molar-refractivity contribution in [3.8, 4) is 0 Å². The third-order valence-corrected chi connectivity index (χ3v) is 12.9. The Hall–Kier alpha value is -1.59. The Morgan fingerprint density at radius 3 is 0.645 bits per heavy atom. The highest BCUT2D eigenvalue weighted by Gasteiger charge is 2.19. The van der Waals surface area contributed by atoms with Gasteiger partial charge in [-0.25, -0.2) is 0 Å². The second-order valence-corrected chi connectivity index (χ2v) is 19.2. The van der Waals surface area contributed by atoms with Crippen LogP contribution in [0.4, 0.5) is 0 Å². The van der Waals surface area contributed by atoms with Crippen LogP contribution in [0, 0.1) is 0 Å². The van der Waals surface area contributed by atoms with Crippen LogP contribution in [0.2, 0.25) is 0 Å². The summed E-state index contributed by atoms with van der Waals surface area (Å²) in [6.07, 6.45) is 57.0. The van der Waals surface area contributed by atoms with E-state index in [1.807, 2.05) is 0 Å². The van der Waals surface area contributed by atoms with Gasteiger partial charge < -0.3 is 14.2 Å². The normalized spacial score (nSPS) is 11.9. The van der Waals surface area contributed by atoms with E-state index >= 15 is 0 Å². The number of hydrogen-bond acceptors (Lipinski definition) is 6. The molecule has 0 rings (SSSR count). The number of ether oxygens (including phenoxy) is 3. The number of hydrogen-bond donors (Lipinski definition) is 0. The van der Waals surface area contributed by atoms with Gasteiger partial charge in [-0.2, -0.15) is 0 Å². The Kier molecular flexibility index (Phi) is 50.7. The molecule has 0 saturated carbocycles. The van der Waals surface area contributed by atoms with Crippen molar-refractivity contribution >= 4 is 17.9 Å². The minimum Gasteiger partial charge on any atom is -0.462 e. The van der Waals surface area contributed by atoms with E-state index in [0.29, 0.717) is 19.3 Å². The van der Waals surface area contributed by atoms with Crippen molar-refractivity contribution in [3.05, 3.63) is 0 Å². The van der Waals surface area contributed by atoms with E-state index in [-0.39, 0.29) is 31.1 Å². The third-order valence-electron chi connectivity index (χ3n) is 12.9. The number of esters is 3. The van der Waals surface area contributed by atoms with Gasteiger partial charge in [0, 0.05) is 19.3 Å². The third kappa shape index (κ3) is 49.4. The lowest BCUT2D eigenvalue weighted by atomic mass is 10.0. The van der Waals surface area contributed by atoms with Crippen molar-refractivity contribution in [1.29, 1.82) is 0 Å². The van der Waals surface area contributed by atoms with Gasteiger partial charge in [0.2, 0.25) is 0 Å². The molecule has 368 valence electrons. The zero-order valence-corrected chi connectivity index (χ0v) is 42.2. The average Bonchev–Trinajstić information content (AvgIpc) is 3.27. The molecule has 1 unspecified atom stereocenters. The Morgan fingerprint density at radius 2 is 0.435 bits per heavy atom. The Morgan fingerprint density at radius 1 is 0.258 bits per heavy atom. The summed E-state index contributed by atoms with van der Waals surface area (Å²) < 4.78 is 16.8. The molecule has 0 heterocycles. The van der Waals surface area contributed by atoms with Crippen LogP contribution in [0.15, 0.2) is 0 Å². The standard InChI is InChI=1S/C56H108O6/c1-4-7-10-13-16-18-20-22-24-26-28-29-31-32-34-36-38-40-43-46-49-55(58)61-52-53(51-60-54(57)48-45-42-15-12-9-6-3)62-56(59)50-47-44-41-39-37-35-33-30-27-25-23-21-19-17-14-11-8-5-2/h53H,4-52H2,1-3H3. The number of rotatable bonds is 52. The highest BCUT2D eigenvalue weighted by atomic mass is 16.6. The quantitative estimate of drug-likeness (QED) is 0.0344. The predicted molar refractivity (Wildman–Crippen MR) is 266 cm³/mol. The molecule has 0 aromatic rings. The lowest BCUT2D eigenvalue weighted by molar-refractivity contribution is -0.167. The van der Waals surface area contributed by atoms with E-state index in [2.05, 4.69) is 20.8 Å². The lowest BCUT2D eigenvalue weighted by Crippen LogP contribution is -2.30. The molecule has 1 atom stereocenters. The Bertz CT molecular complexity index is 920. The van der Waals surface area contributed by atoms with Gasteiger partial charge in [-0.05, 0) is 19.3 Å². The molecule has 0 N–H and O–H groups in total. The molecule has 6 heteroatoms. The molecule has 0 fully saturated rings.